The molecule has 0 radical (unpaired) electrons. The van der Waals surface area contributed by atoms with E-state index in [1.54, 1.807) is 19.2 Å². The van der Waals surface area contributed by atoms with E-state index in [1.807, 2.05) is 19.9 Å². The molecule has 10 heteroatoms. The fourth-order valence-corrected chi connectivity index (χ4v) is 7.24. The van der Waals surface area contributed by atoms with Crippen LogP contribution in [0.15, 0.2) is 24.4 Å². The SMILES string of the molecule is Cc1nc(C(F)(F)F)cc(-c2ccnc3cc(CN4C(=O)C5C(C4=O)C5(C)C)sc23)c1CC1CCNC1. The molecule has 3 aromatic rings. The predicted octanol–water partition coefficient (Wildman–Crippen LogP) is 4.98. The number of imide groups is 1. The van der Waals surface area contributed by atoms with Crippen LogP contribution in [-0.4, -0.2) is 39.8 Å². The van der Waals surface area contributed by atoms with Crippen molar-refractivity contribution in [1.29, 1.82) is 0 Å². The molecule has 3 aliphatic rings. The summed E-state index contributed by atoms with van der Waals surface area (Å²) in [6.45, 7) is 7.41. The normalized spacial score (nSPS) is 24.8. The summed E-state index contributed by atoms with van der Waals surface area (Å²) in [5, 5.41) is 3.32. The molecule has 1 aliphatic carbocycles. The summed E-state index contributed by atoms with van der Waals surface area (Å²) in [6, 6.07) is 4.73. The zero-order valence-corrected chi connectivity index (χ0v) is 21.6. The molecule has 37 heavy (non-hydrogen) atoms. The van der Waals surface area contributed by atoms with Crippen LogP contribution in [0.25, 0.3) is 21.3 Å². The van der Waals surface area contributed by atoms with E-state index in [1.165, 1.54) is 16.2 Å². The average molecular weight is 529 g/mol. The summed E-state index contributed by atoms with van der Waals surface area (Å²) in [6.07, 6.45) is -1.37. The molecule has 1 N–H and O–H groups in total. The van der Waals surface area contributed by atoms with Crippen molar-refractivity contribution in [2.24, 2.45) is 23.2 Å². The first-order valence-electron chi connectivity index (χ1n) is 12.5. The molecule has 3 fully saturated rings. The number of aryl methyl sites for hydroxylation is 1. The number of nitrogens with one attached hydrogen (secondary N) is 1. The van der Waals surface area contributed by atoms with Crippen LogP contribution < -0.4 is 5.32 Å². The van der Waals surface area contributed by atoms with Crippen molar-refractivity contribution in [3.63, 3.8) is 0 Å². The third-order valence-electron chi connectivity index (χ3n) is 8.24. The molecule has 194 valence electrons. The van der Waals surface area contributed by atoms with Gasteiger partial charge in [0.2, 0.25) is 11.8 Å². The molecule has 5 heterocycles. The van der Waals surface area contributed by atoms with Crippen molar-refractivity contribution in [1.82, 2.24) is 20.2 Å². The lowest BCUT2D eigenvalue weighted by Crippen LogP contribution is -2.35. The van der Waals surface area contributed by atoms with Crippen LogP contribution in [0, 0.1) is 30.1 Å². The number of amides is 2. The minimum absolute atomic E-state index is 0.141. The molecule has 6 rings (SSSR count). The van der Waals surface area contributed by atoms with Crippen molar-refractivity contribution in [3.05, 3.63) is 46.2 Å². The second kappa shape index (κ2) is 8.33. The highest BCUT2D eigenvalue weighted by Crippen LogP contribution is 2.63. The zero-order chi connectivity index (χ0) is 26.3. The van der Waals surface area contributed by atoms with Crippen molar-refractivity contribution in [2.75, 3.05) is 13.1 Å². The van der Waals surface area contributed by atoms with E-state index >= 15 is 0 Å². The molecule has 3 aromatic heterocycles. The first-order chi connectivity index (χ1) is 17.5. The van der Waals surface area contributed by atoms with E-state index in [-0.39, 0.29) is 35.6 Å². The quantitative estimate of drug-likeness (QED) is 0.473. The molecule has 0 spiro atoms. The van der Waals surface area contributed by atoms with Gasteiger partial charge in [0.15, 0.2) is 0 Å². The second-order valence-corrected chi connectivity index (χ2v) is 12.1. The van der Waals surface area contributed by atoms with Gasteiger partial charge >= 0.3 is 6.18 Å². The van der Waals surface area contributed by atoms with E-state index in [9.17, 15) is 22.8 Å². The van der Waals surface area contributed by atoms with E-state index in [4.69, 9.17) is 0 Å². The standard InChI is InChI=1S/C27H27F3N4O2S/c1-13-17(8-14-4-6-31-11-14)18(10-20(33-13)27(28,29)30)16-5-7-32-19-9-15(37-23(16)19)12-34-24(35)21-22(25(34)36)26(21,2)3/h5,7,9-10,14,21-22,31H,4,6,8,11-12H2,1-3H3. The van der Waals surface area contributed by atoms with Gasteiger partial charge in [-0.15, -0.1) is 11.3 Å². The van der Waals surface area contributed by atoms with Crippen LogP contribution in [-0.2, 0) is 28.7 Å². The van der Waals surface area contributed by atoms with Gasteiger partial charge < -0.3 is 5.32 Å². The first kappa shape index (κ1) is 24.5. The van der Waals surface area contributed by atoms with Gasteiger partial charge in [-0.3, -0.25) is 19.5 Å². The molecule has 3 unspecified atom stereocenters. The average Bonchev–Trinajstić information content (AvgIpc) is 3.28. The molecule has 1 saturated carbocycles. The van der Waals surface area contributed by atoms with Crippen LogP contribution in [0.2, 0.25) is 0 Å². The topological polar surface area (TPSA) is 75.2 Å². The van der Waals surface area contributed by atoms with Gasteiger partial charge in [0, 0.05) is 22.3 Å². The fraction of sp³-hybridized carbons (Fsp3) is 0.481. The number of carbonyl (C=O) groups is 2. The number of thiophene rings is 1. The van der Waals surface area contributed by atoms with Crippen molar-refractivity contribution < 1.29 is 22.8 Å². The van der Waals surface area contributed by atoms with E-state index < -0.39 is 11.9 Å². The van der Waals surface area contributed by atoms with Gasteiger partial charge in [0.25, 0.3) is 0 Å². The van der Waals surface area contributed by atoms with Gasteiger partial charge in [-0.1, -0.05) is 13.8 Å². The number of rotatable bonds is 5. The third kappa shape index (κ3) is 3.96. The highest BCUT2D eigenvalue weighted by atomic mass is 32.1. The maximum absolute atomic E-state index is 13.8. The number of likely N-dealkylation sites (tertiary alicyclic amines) is 1. The molecule has 6 nitrogen and oxygen atoms in total. The molecule has 2 amide bonds. The van der Waals surface area contributed by atoms with Crippen molar-refractivity contribution in [3.8, 4) is 11.1 Å². The minimum Gasteiger partial charge on any atom is -0.316 e. The fourth-order valence-electron chi connectivity index (χ4n) is 6.11. The Hall–Kier alpha value is -2.85. The van der Waals surface area contributed by atoms with Crippen LogP contribution in [0.1, 0.15) is 42.1 Å². The molecular formula is C27H27F3N4O2S. The number of hydrogen-bond acceptors (Lipinski definition) is 6. The molecular weight excluding hydrogens is 501 g/mol. The number of carbonyl (C=O) groups excluding carboxylic acids is 2. The number of alkyl halides is 3. The van der Waals surface area contributed by atoms with Gasteiger partial charge in [-0.25, -0.2) is 4.98 Å². The van der Waals surface area contributed by atoms with E-state index in [2.05, 4.69) is 15.3 Å². The van der Waals surface area contributed by atoms with Crippen molar-refractivity contribution >= 4 is 33.4 Å². The van der Waals surface area contributed by atoms with E-state index in [0.29, 0.717) is 34.7 Å². The smallest absolute Gasteiger partial charge is 0.316 e. The zero-order valence-electron chi connectivity index (χ0n) is 20.8. The lowest BCUT2D eigenvalue weighted by atomic mass is 9.90. The highest BCUT2D eigenvalue weighted by Gasteiger charge is 2.72. The van der Waals surface area contributed by atoms with Gasteiger partial charge in [0.1, 0.15) is 5.69 Å². The predicted molar refractivity (Wildman–Crippen MR) is 134 cm³/mol. The van der Waals surface area contributed by atoms with Crippen LogP contribution in [0.3, 0.4) is 0 Å². The third-order valence-corrected chi connectivity index (χ3v) is 9.38. The minimum atomic E-state index is -4.56. The summed E-state index contributed by atoms with van der Waals surface area (Å²) in [5.74, 6) is -0.460. The summed E-state index contributed by atoms with van der Waals surface area (Å²) < 4.78 is 42.0. The molecule has 2 aliphatic heterocycles. The maximum Gasteiger partial charge on any atom is 0.433 e. The summed E-state index contributed by atoms with van der Waals surface area (Å²) >= 11 is 1.37. The largest absolute Gasteiger partial charge is 0.433 e. The summed E-state index contributed by atoms with van der Waals surface area (Å²) in [7, 11) is 0. The molecule has 0 bridgehead atoms. The number of hydrogen-bond donors (Lipinski definition) is 1. The summed E-state index contributed by atoms with van der Waals surface area (Å²) in [4.78, 5) is 36.1. The Morgan fingerprint density at radius 3 is 2.54 bits per heavy atom. The van der Waals surface area contributed by atoms with Gasteiger partial charge in [0.05, 0.1) is 28.6 Å². The number of piperidine rings is 1. The highest BCUT2D eigenvalue weighted by molar-refractivity contribution is 7.19. The summed E-state index contributed by atoms with van der Waals surface area (Å²) in [5.41, 5.74) is 1.83. The Labute approximate surface area is 216 Å². The molecule has 0 aromatic carbocycles. The lowest BCUT2D eigenvalue weighted by molar-refractivity contribution is -0.144. The molecule has 2 saturated heterocycles. The Kier molecular flexibility index (Phi) is 5.51. The Bertz CT molecular complexity index is 1420. The van der Waals surface area contributed by atoms with Crippen LogP contribution >= 0.6 is 11.3 Å². The monoisotopic (exact) mass is 528 g/mol. The van der Waals surface area contributed by atoms with Crippen LogP contribution in [0.5, 0.6) is 0 Å². The van der Waals surface area contributed by atoms with Gasteiger partial charge in [-0.2, -0.15) is 13.2 Å². The maximum atomic E-state index is 13.8. The number of aromatic nitrogens is 2. The Morgan fingerprint density at radius 2 is 1.89 bits per heavy atom. The van der Waals surface area contributed by atoms with Gasteiger partial charge in [-0.05, 0) is 73.5 Å². The lowest BCUT2D eigenvalue weighted by Gasteiger charge is -2.19. The Morgan fingerprint density at radius 1 is 1.16 bits per heavy atom. The first-order valence-corrected chi connectivity index (χ1v) is 13.3. The van der Waals surface area contributed by atoms with Crippen molar-refractivity contribution in [2.45, 2.75) is 46.3 Å². The number of halogens is 3. The number of nitrogens with zero attached hydrogens (tertiary/aromatic N) is 3. The Balaban J connectivity index is 1.40. The number of fused-ring (bicyclic) bond motifs is 2. The number of pyridine rings is 2. The molecule has 3 atom stereocenters. The van der Waals surface area contributed by atoms with Crippen LogP contribution in [0.4, 0.5) is 13.2 Å². The van der Waals surface area contributed by atoms with E-state index in [0.717, 1.165) is 40.7 Å². The second-order valence-electron chi connectivity index (χ2n) is 11.0.